The minimum absolute atomic E-state index is 0.0514. The molecule has 1 aliphatic rings. The van der Waals surface area contributed by atoms with Crippen molar-refractivity contribution in [1.29, 1.82) is 0 Å². The van der Waals surface area contributed by atoms with Crippen LogP contribution in [0.3, 0.4) is 0 Å². The van der Waals surface area contributed by atoms with Gasteiger partial charge in [0.25, 0.3) is 5.91 Å². The van der Waals surface area contributed by atoms with E-state index in [0.717, 1.165) is 22.9 Å². The number of rotatable bonds is 6. The Kier molecular flexibility index (Phi) is 7.67. The summed E-state index contributed by atoms with van der Waals surface area (Å²) in [6.45, 7) is 4.98. The second-order valence-corrected chi connectivity index (χ2v) is 9.07. The molecule has 0 aromatic heterocycles. The number of carbonyl (C=O) groups is 1. The quantitative estimate of drug-likeness (QED) is 0.402. The van der Waals surface area contributed by atoms with Crippen molar-refractivity contribution in [2.75, 3.05) is 26.2 Å². The van der Waals surface area contributed by atoms with E-state index in [1.165, 1.54) is 12.1 Å². The Morgan fingerprint density at radius 1 is 0.943 bits per heavy atom. The first-order valence-corrected chi connectivity index (χ1v) is 11.7. The lowest BCUT2D eigenvalue weighted by molar-refractivity contribution is -0.137. The Hall–Kier alpha value is -3.03. The molecule has 0 radical (unpaired) electrons. The van der Waals surface area contributed by atoms with Crippen molar-refractivity contribution in [1.82, 2.24) is 9.80 Å². The van der Waals surface area contributed by atoms with Gasteiger partial charge in [-0.25, -0.2) is 0 Å². The summed E-state index contributed by atoms with van der Waals surface area (Å²) in [5, 5.41) is 0.691. The third kappa shape index (κ3) is 6.55. The van der Waals surface area contributed by atoms with Gasteiger partial charge in [0.05, 0.1) is 5.56 Å². The highest BCUT2D eigenvalue weighted by Crippen LogP contribution is 2.30. The molecule has 35 heavy (non-hydrogen) atoms. The SMILES string of the molecule is Cc1cc(OCc2ccc(C(=O)N3CCN(Cc4cccc(C(F)(F)F)c4)CC3)cc2)ccc1Cl. The van der Waals surface area contributed by atoms with E-state index in [-0.39, 0.29) is 5.91 Å². The van der Waals surface area contributed by atoms with Gasteiger partial charge in [-0.1, -0.05) is 41.9 Å². The van der Waals surface area contributed by atoms with Crippen LogP contribution in [0.5, 0.6) is 5.75 Å². The number of benzene rings is 3. The lowest BCUT2D eigenvalue weighted by atomic mass is 10.1. The molecular formula is C27H26ClF3N2O2. The molecule has 0 spiro atoms. The highest BCUT2D eigenvalue weighted by molar-refractivity contribution is 6.31. The molecule has 1 aliphatic heterocycles. The number of nitrogens with zero attached hydrogens (tertiary/aromatic N) is 2. The number of carbonyl (C=O) groups excluding carboxylic acids is 1. The molecule has 1 heterocycles. The molecule has 184 valence electrons. The topological polar surface area (TPSA) is 32.8 Å². The van der Waals surface area contributed by atoms with Crippen molar-refractivity contribution in [2.45, 2.75) is 26.3 Å². The summed E-state index contributed by atoms with van der Waals surface area (Å²) in [5.74, 6) is 0.680. The molecule has 0 N–H and O–H groups in total. The molecule has 4 rings (SSSR count). The van der Waals surface area contributed by atoms with Gasteiger partial charge in [0.1, 0.15) is 12.4 Å². The second kappa shape index (κ2) is 10.7. The summed E-state index contributed by atoms with van der Waals surface area (Å²) in [6.07, 6.45) is -4.35. The first kappa shape index (κ1) is 25.1. The predicted molar refractivity (Wildman–Crippen MR) is 130 cm³/mol. The minimum atomic E-state index is -4.35. The zero-order valence-corrected chi connectivity index (χ0v) is 20.1. The van der Waals surface area contributed by atoms with Gasteiger partial charge in [0.15, 0.2) is 0 Å². The van der Waals surface area contributed by atoms with Crippen molar-refractivity contribution < 1.29 is 22.7 Å². The van der Waals surface area contributed by atoms with Gasteiger partial charge in [0.2, 0.25) is 0 Å². The molecule has 4 nitrogen and oxygen atoms in total. The van der Waals surface area contributed by atoms with E-state index in [4.69, 9.17) is 16.3 Å². The molecular weight excluding hydrogens is 477 g/mol. The zero-order chi connectivity index (χ0) is 25.0. The van der Waals surface area contributed by atoms with E-state index < -0.39 is 11.7 Å². The van der Waals surface area contributed by atoms with E-state index in [1.807, 2.05) is 31.2 Å². The van der Waals surface area contributed by atoms with Gasteiger partial charge in [-0.3, -0.25) is 9.69 Å². The Morgan fingerprint density at radius 2 is 1.66 bits per heavy atom. The van der Waals surface area contributed by atoms with E-state index in [1.54, 1.807) is 29.2 Å². The molecule has 0 unspecified atom stereocenters. The van der Waals surface area contributed by atoms with Crippen molar-refractivity contribution in [3.05, 3.63) is 99.6 Å². The fourth-order valence-corrected chi connectivity index (χ4v) is 4.13. The fraction of sp³-hybridized carbons (Fsp3) is 0.296. The number of alkyl halides is 3. The molecule has 3 aromatic carbocycles. The number of ether oxygens (including phenoxy) is 1. The third-order valence-electron chi connectivity index (χ3n) is 6.06. The van der Waals surface area contributed by atoms with E-state index >= 15 is 0 Å². The maximum Gasteiger partial charge on any atom is 0.416 e. The van der Waals surface area contributed by atoms with Crippen molar-refractivity contribution in [2.24, 2.45) is 0 Å². The number of piperazine rings is 1. The standard InChI is InChI=1S/C27H26ClF3N2O2/c1-19-15-24(9-10-25(19)28)35-18-20-5-7-22(8-6-20)26(34)33-13-11-32(12-14-33)17-21-3-2-4-23(16-21)27(29,30)31/h2-10,15-16H,11-14,17-18H2,1H3. The molecule has 0 bridgehead atoms. The monoisotopic (exact) mass is 502 g/mol. The first-order valence-electron chi connectivity index (χ1n) is 11.3. The number of hydrogen-bond donors (Lipinski definition) is 0. The van der Waals surface area contributed by atoms with Gasteiger partial charge < -0.3 is 9.64 Å². The zero-order valence-electron chi connectivity index (χ0n) is 19.3. The molecule has 0 aliphatic carbocycles. The Balaban J connectivity index is 1.28. The predicted octanol–water partition coefficient (Wildman–Crippen LogP) is 6.20. The third-order valence-corrected chi connectivity index (χ3v) is 6.48. The van der Waals surface area contributed by atoms with Crippen molar-refractivity contribution in [3.63, 3.8) is 0 Å². The van der Waals surface area contributed by atoms with Crippen LogP contribution in [0.4, 0.5) is 13.2 Å². The molecule has 1 amide bonds. The summed E-state index contributed by atoms with van der Waals surface area (Å²) in [5.41, 5.74) is 2.47. The van der Waals surface area contributed by atoms with E-state index in [0.29, 0.717) is 55.5 Å². The van der Waals surface area contributed by atoms with Crippen LogP contribution in [0.1, 0.15) is 32.6 Å². The average molecular weight is 503 g/mol. The van der Waals surface area contributed by atoms with Crippen LogP contribution in [0.2, 0.25) is 5.02 Å². The fourth-order valence-electron chi connectivity index (χ4n) is 4.01. The van der Waals surface area contributed by atoms with Gasteiger partial charge >= 0.3 is 6.18 Å². The van der Waals surface area contributed by atoms with Gasteiger partial charge in [-0.15, -0.1) is 0 Å². The molecule has 8 heteroatoms. The average Bonchev–Trinajstić information content (AvgIpc) is 2.85. The van der Waals surface area contributed by atoms with Crippen LogP contribution in [0.15, 0.2) is 66.7 Å². The summed E-state index contributed by atoms with van der Waals surface area (Å²) < 4.78 is 44.7. The van der Waals surface area contributed by atoms with E-state index in [9.17, 15) is 18.0 Å². The van der Waals surface area contributed by atoms with Crippen molar-refractivity contribution >= 4 is 17.5 Å². The maximum atomic E-state index is 13.0. The van der Waals surface area contributed by atoms with Crippen LogP contribution in [-0.2, 0) is 19.3 Å². The second-order valence-electron chi connectivity index (χ2n) is 8.66. The number of halogens is 4. The van der Waals surface area contributed by atoms with Crippen molar-refractivity contribution in [3.8, 4) is 5.75 Å². The largest absolute Gasteiger partial charge is 0.489 e. The van der Waals surface area contributed by atoms with Gasteiger partial charge in [0, 0.05) is 43.3 Å². The minimum Gasteiger partial charge on any atom is -0.489 e. The lowest BCUT2D eigenvalue weighted by Gasteiger charge is -2.35. The summed E-state index contributed by atoms with van der Waals surface area (Å²) in [7, 11) is 0. The van der Waals surface area contributed by atoms with Crippen LogP contribution in [-0.4, -0.2) is 41.9 Å². The maximum absolute atomic E-state index is 13.0. The number of hydrogen-bond acceptors (Lipinski definition) is 3. The normalized spacial score (nSPS) is 14.7. The Labute approximate surface area is 207 Å². The van der Waals surface area contributed by atoms with Crippen LogP contribution in [0.25, 0.3) is 0 Å². The summed E-state index contributed by atoms with van der Waals surface area (Å²) in [6, 6.07) is 18.2. The molecule has 3 aromatic rings. The van der Waals surface area contributed by atoms with Crippen LogP contribution >= 0.6 is 11.6 Å². The van der Waals surface area contributed by atoms with Crippen LogP contribution < -0.4 is 4.74 Å². The molecule has 1 saturated heterocycles. The van der Waals surface area contributed by atoms with Gasteiger partial charge in [-0.2, -0.15) is 13.2 Å². The molecule has 1 fully saturated rings. The Bertz CT molecular complexity index is 1170. The Morgan fingerprint density at radius 3 is 2.31 bits per heavy atom. The summed E-state index contributed by atoms with van der Waals surface area (Å²) >= 11 is 6.04. The summed E-state index contributed by atoms with van der Waals surface area (Å²) in [4.78, 5) is 16.8. The lowest BCUT2D eigenvalue weighted by Crippen LogP contribution is -2.48. The molecule has 0 saturated carbocycles. The smallest absolute Gasteiger partial charge is 0.416 e. The van der Waals surface area contributed by atoms with Crippen LogP contribution in [0, 0.1) is 6.92 Å². The number of aryl methyl sites for hydroxylation is 1. The van der Waals surface area contributed by atoms with Gasteiger partial charge in [-0.05, 0) is 60.0 Å². The highest BCUT2D eigenvalue weighted by Gasteiger charge is 2.30. The number of amides is 1. The first-order chi connectivity index (χ1) is 16.7. The highest BCUT2D eigenvalue weighted by atomic mass is 35.5. The van der Waals surface area contributed by atoms with E-state index in [2.05, 4.69) is 4.90 Å². The molecule has 0 atom stereocenters.